The number of amides is 1. The average Bonchev–Trinajstić information content (AvgIpc) is 2.54. The second-order valence-electron chi connectivity index (χ2n) is 5.69. The number of hydrogen-bond donors (Lipinski definition) is 1. The molecule has 1 amide bonds. The van der Waals surface area contributed by atoms with Gasteiger partial charge in [0.1, 0.15) is 5.75 Å². The van der Waals surface area contributed by atoms with E-state index in [4.69, 9.17) is 10.00 Å². The fourth-order valence-corrected chi connectivity index (χ4v) is 3.44. The molecule has 0 saturated carbocycles. The summed E-state index contributed by atoms with van der Waals surface area (Å²) in [5, 5.41) is 8.95. The van der Waals surface area contributed by atoms with Crippen LogP contribution in [0.15, 0.2) is 47.4 Å². The molecular formula is C18H18N2O4S. The first-order chi connectivity index (χ1) is 11.7. The third-order valence-electron chi connectivity index (χ3n) is 3.33. The van der Waals surface area contributed by atoms with E-state index in [1.807, 2.05) is 24.6 Å². The van der Waals surface area contributed by atoms with Gasteiger partial charge in [-0.15, -0.1) is 0 Å². The Morgan fingerprint density at radius 3 is 2.52 bits per heavy atom. The van der Waals surface area contributed by atoms with Gasteiger partial charge in [-0.1, -0.05) is 18.2 Å². The van der Waals surface area contributed by atoms with Crippen molar-refractivity contribution in [3.05, 3.63) is 59.2 Å². The van der Waals surface area contributed by atoms with E-state index in [1.165, 1.54) is 24.3 Å². The number of aryl methyl sites for hydroxylation is 1. The summed E-state index contributed by atoms with van der Waals surface area (Å²) >= 11 is 0. The highest BCUT2D eigenvalue weighted by Crippen LogP contribution is 2.21. The zero-order valence-electron chi connectivity index (χ0n) is 14.1. The molecule has 0 bridgehead atoms. The molecule has 130 valence electrons. The van der Waals surface area contributed by atoms with E-state index in [0.29, 0.717) is 11.3 Å². The predicted octanol–water partition coefficient (Wildman–Crippen LogP) is 2.77. The molecule has 6 nitrogen and oxygen atoms in total. The Labute approximate surface area is 147 Å². The summed E-state index contributed by atoms with van der Waals surface area (Å²) in [5.74, 6) is -0.495. The van der Waals surface area contributed by atoms with Gasteiger partial charge < -0.3 is 4.74 Å². The molecule has 0 saturated heterocycles. The van der Waals surface area contributed by atoms with Crippen molar-refractivity contribution in [2.45, 2.75) is 31.8 Å². The molecular weight excluding hydrogens is 340 g/mol. The molecule has 0 unspecified atom stereocenters. The van der Waals surface area contributed by atoms with Crippen molar-refractivity contribution in [3.8, 4) is 11.8 Å². The first kappa shape index (κ1) is 18.5. The predicted molar refractivity (Wildman–Crippen MR) is 92.8 cm³/mol. The minimum atomic E-state index is -4.12. The van der Waals surface area contributed by atoms with Crippen molar-refractivity contribution in [2.75, 3.05) is 0 Å². The highest BCUT2D eigenvalue weighted by Gasteiger charge is 2.23. The van der Waals surface area contributed by atoms with Crippen LogP contribution < -0.4 is 9.46 Å². The molecule has 0 fully saturated rings. The minimum absolute atomic E-state index is 0.109. The molecule has 2 aromatic carbocycles. The molecule has 7 heteroatoms. The van der Waals surface area contributed by atoms with E-state index in [9.17, 15) is 13.2 Å². The van der Waals surface area contributed by atoms with Crippen LogP contribution in [0, 0.1) is 18.3 Å². The number of benzene rings is 2. The third kappa shape index (κ3) is 4.37. The largest absolute Gasteiger partial charge is 0.490 e. The van der Waals surface area contributed by atoms with E-state index in [1.54, 1.807) is 25.1 Å². The maximum atomic E-state index is 12.6. The second kappa shape index (κ2) is 7.36. The molecule has 0 radical (unpaired) electrons. The van der Waals surface area contributed by atoms with E-state index < -0.39 is 15.9 Å². The zero-order valence-corrected chi connectivity index (χ0v) is 14.9. The minimum Gasteiger partial charge on any atom is -0.490 e. The fraction of sp³-hybridized carbons (Fsp3) is 0.222. The van der Waals surface area contributed by atoms with Crippen molar-refractivity contribution in [2.24, 2.45) is 0 Å². The molecule has 0 atom stereocenters. The molecule has 0 aromatic heterocycles. The quantitative estimate of drug-likeness (QED) is 0.886. The van der Waals surface area contributed by atoms with Gasteiger partial charge in [0.2, 0.25) is 0 Å². The standard InChI is InChI=1S/C18H18N2O4S/c1-12(2)24-16-7-5-4-6-15(16)18(21)20-25(22,23)17-10-14(11-19)9-8-13(17)3/h4-10,12H,1-3H3,(H,20,21). The normalized spacial score (nSPS) is 11.0. The molecule has 0 aliphatic rings. The van der Waals surface area contributed by atoms with Crippen LogP contribution in [0.5, 0.6) is 5.75 Å². The zero-order chi connectivity index (χ0) is 18.6. The number of nitrogens with one attached hydrogen (secondary N) is 1. The Bertz CT molecular complexity index is 944. The van der Waals surface area contributed by atoms with Crippen LogP contribution in [0.4, 0.5) is 0 Å². The third-order valence-corrected chi connectivity index (χ3v) is 4.80. The summed E-state index contributed by atoms with van der Waals surface area (Å²) in [4.78, 5) is 12.4. The van der Waals surface area contributed by atoms with Crippen molar-refractivity contribution >= 4 is 15.9 Å². The highest BCUT2D eigenvalue weighted by atomic mass is 32.2. The smallest absolute Gasteiger partial charge is 0.268 e. The number of hydrogen-bond acceptors (Lipinski definition) is 5. The number of sulfonamides is 1. The Balaban J connectivity index is 2.36. The van der Waals surface area contributed by atoms with Crippen molar-refractivity contribution in [1.82, 2.24) is 4.72 Å². The van der Waals surface area contributed by atoms with Crippen molar-refractivity contribution in [3.63, 3.8) is 0 Å². The molecule has 1 N–H and O–H groups in total. The monoisotopic (exact) mass is 358 g/mol. The number of nitriles is 1. The van der Waals surface area contributed by atoms with Gasteiger partial charge >= 0.3 is 0 Å². The number of nitrogens with zero attached hydrogens (tertiary/aromatic N) is 1. The van der Waals surface area contributed by atoms with Gasteiger partial charge in [0.25, 0.3) is 15.9 Å². The molecule has 2 aromatic rings. The summed E-state index contributed by atoms with van der Waals surface area (Å²) in [6.07, 6.45) is -0.167. The van der Waals surface area contributed by atoms with Crippen LogP contribution in [0.2, 0.25) is 0 Å². The number of carbonyl (C=O) groups is 1. The van der Waals surface area contributed by atoms with Crippen molar-refractivity contribution < 1.29 is 17.9 Å². The van der Waals surface area contributed by atoms with Gasteiger partial charge in [0.05, 0.1) is 28.2 Å². The first-order valence-electron chi connectivity index (χ1n) is 7.58. The summed E-state index contributed by atoms with van der Waals surface area (Å²) < 4.78 is 32.7. The van der Waals surface area contributed by atoms with Crippen molar-refractivity contribution in [1.29, 1.82) is 5.26 Å². The van der Waals surface area contributed by atoms with Gasteiger partial charge in [-0.25, -0.2) is 13.1 Å². The summed E-state index contributed by atoms with van der Waals surface area (Å²) in [6.45, 7) is 5.21. The SMILES string of the molecule is Cc1ccc(C#N)cc1S(=O)(=O)NC(=O)c1ccccc1OC(C)C. The van der Waals surface area contributed by atoms with Crippen LogP contribution in [0.1, 0.15) is 35.3 Å². The Morgan fingerprint density at radius 1 is 1.20 bits per heavy atom. The van der Waals surface area contributed by atoms with E-state index >= 15 is 0 Å². The lowest BCUT2D eigenvalue weighted by Gasteiger charge is -2.14. The van der Waals surface area contributed by atoms with Gasteiger partial charge in [0.15, 0.2) is 0 Å². The summed E-state index contributed by atoms with van der Waals surface area (Å²) in [5.41, 5.74) is 0.752. The molecule has 2 rings (SSSR count). The summed E-state index contributed by atoms with van der Waals surface area (Å²) in [6, 6.07) is 12.6. The molecule has 0 heterocycles. The number of rotatable bonds is 5. The number of para-hydroxylation sites is 1. The van der Waals surface area contributed by atoms with Crippen LogP contribution in [0.3, 0.4) is 0 Å². The Kier molecular flexibility index (Phi) is 5.45. The first-order valence-corrected chi connectivity index (χ1v) is 9.06. The molecule has 0 aliphatic heterocycles. The molecule has 0 aliphatic carbocycles. The van der Waals surface area contributed by atoms with Gasteiger partial charge in [-0.3, -0.25) is 4.79 Å². The number of carbonyl (C=O) groups excluding carboxylic acids is 1. The van der Waals surface area contributed by atoms with Crippen LogP contribution in [-0.2, 0) is 10.0 Å². The lowest BCUT2D eigenvalue weighted by molar-refractivity contribution is 0.0975. The molecule has 25 heavy (non-hydrogen) atoms. The van der Waals surface area contributed by atoms with Crippen LogP contribution in [0.25, 0.3) is 0 Å². The maximum absolute atomic E-state index is 12.6. The second-order valence-corrected chi connectivity index (χ2v) is 7.34. The van der Waals surface area contributed by atoms with E-state index in [0.717, 1.165) is 0 Å². The van der Waals surface area contributed by atoms with Crippen LogP contribution in [-0.4, -0.2) is 20.4 Å². The Hall–Kier alpha value is -2.85. The van der Waals surface area contributed by atoms with Gasteiger partial charge in [-0.2, -0.15) is 5.26 Å². The summed E-state index contributed by atoms with van der Waals surface area (Å²) in [7, 11) is -4.12. The highest BCUT2D eigenvalue weighted by molar-refractivity contribution is 7.90. The lowest BCUT2D eigenvalue weighted by atomic mass is 10.2. The fourth-order valence-electron chi connectivity index (χ4n) is 2.20. The van der Waals surface area contributed by atoms with Crippen LogP contribution >= 0.6 is 0 Å². The maximum Gasteiger partial charge on any atom is 0.268 e. The van der Waals surface area contributed by atoms with E-state index in [-0.39, 0.29) is 22.1 Å². The van der Waals surface area contributed by atoms with E-state index in [2.05, 4.69) is 0 Å². The number of ether oxygens (including phenoxy) is 1. The van der Waals surface area contributed by atoms with Gasteiger partial charge in [0, 0.05) is 0 Å². The lowest BCUT2D eigenvalue weighted by Crippen LogP contribution is -2.31. The Morgan fingerprint density at radius 2 is 1.88 bits per heavy atom. The van der Waals surface area contributed by atoms with Gasteiger partial charge in [-0.05, 0) is 50.6 Å². The topological polar surface area (TPSA) is 96.3 Å². The average molecular weight is 358 g/mol. The molecule has 0 spiro atoms.